The third-order valence-electron chi connectivity index (χ3n) is 3.77. The summed E-state index contributed by atoms with van der Waals surface area (Å²) in [5.41, 5.74) is 0.175. The molecule has 1 rings (SSSR count). The van der Waals surface area contributed by atoms with Crippen LogP contribution in [0, 0.1) is 5.92 Å². The molecule has 0 aliphatic carbocycles. The minimum absolute atomic E-state index is 0.175. The fraction of sp³-hybridized carbons (Fsp3) is 1.00. The number of nitrogens with zero attached hydrogens (tertiary/aromatic N) is 1. The summed E-state index contributed by atoms with van der Waals surface area (Å²) in [5.74, 6) is 0.655. The molecule has 2 unspecified atom stereocenters. The number of ether oxygens (including phenoxy) is 1. The fourth-order valence-electron chi connectivity index (χ4n) is 2.31. The second-order valence-corrected chi connectivity index (χ2v) is 5.21. The molecule has 3 nitrogen and oxygen atoms in total. The summed E-state index contributed by atoms with van der Waals surface area (Å²) in [7, 11) is 4.31. The first kappa shape index (κ1) is 12.9. The first-order valence-corrected chi connectivity index (χ1v) is 5.98. The molecule has 1 aliphatic rings. The van der Waals surface area contributed by atoms with Gasteiger partial charge in [-0.1, -0.05) is 6.92 Å². The Morgan fingerprint density at radius 3 is 2.53 bits per heavy atom. The Hall–Kier alpha value is -0.120. The van der Waals surface area contributed by atoms with Crippen molar-refractivity contribution in [2.24, 2.45) is 5.92 Å². The van der Waals surface area contributed by atoms with Gasteiger partial charge in [0.1, 0.15) is 0 Å². The predicted octanol–water partition coefficient (Wildman–Crippen LogP) is 1.34. The maximum Gasteiger partial charge on any atom is 0.0510 e. The molecule has 0 bridgehead atoms. The number of rotatable bonds is 5. The summed E-state index contributed by atoms with van der Waals surface area (Å²) in [6.45, 7) is 9.65. The van der Waals surface area contributed by atoms with Crippen LogP contribution in [0.4, 0.5) is 0 Å². The predicted molar refractivity (Wildman–Crippen MR) is 64.2 cm³/mol. The van der Waals surface area contributed by atoms with E-state index in [2.05, 4.69) is 45.1 Å². The van der Waals surface area contributed by atoms with Gasteiger partial charge in [-0.15, -0.1) is 0 Å². The lowest BCUT2D eigenvalue weighted by Gasteiger charge is -2.43. The fourth-order valence-corrected chi connectivity index (χ4v) is 2.31. The van der Waals surface area contributed by atoms with E-state index in [1.165, 1.54) is 6.42 Å². The molecule has 1 heterocycles. The summed E-state index contributed by atoms with van der Waals surface area (Å²) in [6.07, 6.45) is 1.19. The normalized spacial score (nSPS) is 24.8. The van der Waals surface area contributed by atoms with Crippen LogP contribution in [0.2, 0.25) is 0 Å². The van der Waals surface area contributed by atoms with Crippen molar-refractivity contribution in [1.82, 2.24) is 10.2 Å². The maximum absolute atomic E-state index is 5.50. The van der Waals surface area contributed by atoms with E-state index < -0.39 is 0 Å². The molecule has 0 saturated carbocycles. The molecule has 0 aromatic rings. The van der Waals surface area contributed by atoms with Crippen molar-refractivity contribution in [3.8, 4) is 0 Å². The van der Waals surface area contributed by atoms with Gasteiger partial charge in [0.25, 0.3) is 0 Å². The molecule has 3 heteroatoms. The lowest BCUT2D eigenvalue weighted by Crippen LogP contribution is -2.58. The van der Waals surface area contributed by atoms with Gasteiger partial charge in [-0.05, 0) is 40.9 Å². The number of likely N-dealkylation sites (N-methyl/N-ethyl adjacent to an activating group) is 2. The second-order valence-electron chi connectivity index (χ2n) is 5.21. The van der Waals surface area contributed by atoms with Crippen molar-refractivity contribution in [3.05, 3.63) is 0 Å². The first-order valence-electron chi connectivity index (χ1n) is 5.98. The summed E-state index contributed by atoms with van der Waals surface area (Å²) >= 11 is 0. The molecule has 2 atom stereocenters. The van der Waals surface area contributed by atoms with Crippen molar-refractivity contribution in [2.45, 2.75) is 38.8 Å². The highest BCUT2D eigenvalue weighted by Crippen LogP contribution is 2.27. The zero-order valence-electron chi connectivity index (χ0n) is 10.8. The Morgan fingerprint density at radius 1 is 1.47 bits per heavy atom. The van der Waals surface area contributed by atoms with Crippen LogP contribution in [0.25, 0.3) is 0 Å². The summed E-state index contributed by atoms with van der Waals surface area (Å²) < 4.78 is 5.50. The SMILES string of the molecule is CCNC(C1CCOC1)C(C)(C)N(C)C. The molecule has 15 heavy (non-hydrogen) atoms. The zero-order chi connectivity index (χ0) is 11.5. The van der Waals surface area contributed by atoms with Crippen LogP contribution in [0.15, 0.2) is 0 Å². The third kappa shape index (κ3) is 2.92. The Balaban J connectivity index is 2.71. The third-order valence-corrected chi connectivity index (χ3v) is 3.77. The lowest BCUT2D eigenvalue weighted by atomic mass is 9.83. The van der Waals surface area contributed by atoms with Gasteiger partial charge in [0, 0.05) is 24.1 Å². The van der Waals surface area contributed by atoms with E-state index in [0.717, 1.165) is 19.8 Å². The zero-order valence-corrected chi connectivity index (χ0v) is 10.8. The van der Waals surface area contributed by atoms with Crippen molar-refractivity contribution < 1.29 is 4.74 Å². The van der Waals surface area contributed by atoms with Gasteiger partial charge in [0.2, 0.25) is 0 Å². The van der Waals surface area contributed by atoms with E-state index in [0.29, 0.717) is 12.0 Å². The quantitative estimate of drug-likeness (QED) is 0.747. The lowest BCUT2D eigenvalue weighted by molar-refractivity contribution is 0.0922. The van der Waals surface area contributed by atoms with Crippen LogP contribution in [-0.2, 0) is 4.74 Å². The molecular weight excluding hydrogens is 188 g/mol. The van der Waals surface area contributed by atoms with Gasteiger partial charge in [-0.25, -0.2) is 0 Å². The Morgan fingerprint density at radius 2 is 2.13 bits per heavy atom. The number of hydrogen-bond acceptors (Lipinski definition) is 3. The molecule has 0 spiro atoms. The van der Waals surface area contributed by atoms with Crippen LogP contribution >= 0.6 is 0 Å². The maximum atomic E-state index is 5.50. The van der Waals surface area contributed by atoms with E-state index in [4.69, 9.17) is 4.74 Å². The monoisotopic (exact) mass is 214 g/mol. The van der Waals surface area contributed by atoms with E-state index in [-0.39, 0.29) is 5.54 Å². The molecular formula is C12H26N2O. The highest BCUT2D eigenvalue weighted by atomic mass is 16.5. The molecule has 1 fully saturated rings. The molecule has 1 aliphatic heterocycles. The highest BCUT2D eigenvalue weighted by molar-refractivity contribution is 4.96. The molecule has 0 radical (unpaired) electrons. The molecule has 0 aromatic heterocycles. The molecule has 0 amide bonds. The van der Waals surface area contributed by atoms with Gasteiger partial charge in [0.05, 0.1) is 6.61 Å². The van der Waals surface area contributed by atoms with Gasteiger partial charge < -0.3 is 15.0 Å². The van der Waals surface area contributed by atoms with Crippen LogP contribution in [0.1, 0.15) is 27.2 Å². The Kier molecular flexibility index (Phi) is 4.56. The van der Waals surface area contributed by atoms with Crippen LogP contribution in [0.5, 0.6) is 0 Å². The largest absolute Gasteiger partial charge is 0.381 e. The minimum atomic E-state index is 0.175. The second kappa shape index (κ2) is 5.28. The smallest absolute Gasteiger partial charge is 0.0510 e. The van der Waals surface area contributed by atoms with Gasteiger partial charge >= 0.3 is 0 Å². The average Bonchev–Trinajstić information content (AvgIpc) is 2.66. The van der Waals surface area contributed by atoms with Crippen LogP contribution in [-0.4, -0.2) is 50.3 Å². The van der Waals surface area contributed by atoms with Crippen molar-refractivity contribution in [3.63, 3.8) is 0 Å². The van der Waals surface area contributed by atoms with Gasteiger partial charge in [-0.2, -0.15) is 0 Å². The van der Waals surface area contributed by atoms with Crippen molar-refractivity contribution in [1.29, 1.82) is 0 Å². The molecule has 1 N–H and O–H groups in total. The van der Waals surface area contributed by atoms with Gasteiger partial charge in [-0.3, -0.25) is 0 Å². The summed E-state index contributed by atoms with van der Waals surface area (Å²) in [4.78, 5) is 2.30. The molecule has 0 aromatic carbocycles. The highest BCUT2D eigenvalue weighted by Gasteiger charge is 2.38. The topological polar surface area (TPSA) is 24.5 Å². The number of hydrogen-bond donors (Lipinski definition) is 1. The summed E-state index contributed by atoms with van der Waals surface area (Å²) in [6, 6.07) is 0.514. The van der Waals surface area contributed by atoms with Crippen LogP contribution in [0.3, 0.4) is 0 Å². The Bertz CT molecular complexity index is 186. The Labute approximate surface area is 94.2 Å². The molecule has 90 valence electrons. The van der Waals surface area contributed by atoms with Crippen molar-refractivity contribution in [2.75, 3.05) is 33.9 Å². The van der Waals surface area contributed by atoms with E-state index >= 15 is 0 Å². The average molecular weight is 214 g/mol. The number of nitrogens with one attached hydrogen (secondary N) is 1. The molecule has 1 saturated heterocycles. The van der Waals surface area contributed by atoms with E-state index in [9.17, 15) is 0 Å². The minimum Gasteiger partial charge on any atom is -0.381 e. The van der Waals surface area contributed by atoms with Crippen molar-refractivity contribution >= 4 is 0 Å². The summed E-state index contributed by atoms with van der Waals surface area (Å²) in [5, 5.41) is 3.62. The van der Waals surface area contributed by atoms with Gasteiger partial charge in [0.15, 0.2) is 0 Å². The standard InChI is InChI=1S/C12H26N2O/c1-6-13-11(10-7-8-15-9-10)12(2,3)14(4)5/h10-11,13H,6-9H2,1-5H3. The first-order chi connectivity index (χ1) is 7.00. The van der Waals surface area contributed by atoms with Crippen LogP contribution < -0.4 is 5.32 Å². The van der Waals surface area contributed by atoms with E-state index in [1.807, 2.05) is 0 Å². The van der Waals surface area contributed by atoms with E-state index in [1.54, 1.807) is 0 Å².